The molecular weight excluding hydrogens is 267 g/mol. The number of halogens is 1. The van der Waals surface area contributed by atoms with Crippen LogP contribution in [0.25, 0.3) is 0 Å². The first-order valence-corrected chi connectivity index (χ1v) is 6.79. The number of benzene rings is 2. The number of hydrogen-bond acceptors (Lipinski definition) is 3. The van der Waals surface area contributed by atoms with Crippen LogP contribution in [-0.2, 0) is 12.0 Å². The highest BCUT2D eigenvalue weighted by Gasteiger charge is 2.39. The Bertz CT molecular complexity index is 723. The van der Waals surface area contributed by atoms with Crippen molar-refractivity contribution in [3.05, 3.63) is 59.4 Å². The molecule has 3 rings (SSSR count). The molecule has 106 valence electrons. The molecule has 0 fully saturated rings. The molecule has 0 spiro atoms. The van der Waals surface area contributed by atoms with Crippen molar-refractivity contribution < 1.29 is 9.13 Å². The first kappa shape index (κ1) is 13.4. The summed E-state index contributed by atoms with van der Waals surface area (Å²) in [6, 6.07) is 14.4. The van der Waals surface area contributed by atoms with Crippen LogP contribution in [0.3, 0.4) is 0 Å². The number of fused-ring (bicyclic) bond motifs is 1. The summed E-state index contributed by atoms with van der Waals surface area (Å²) in [6.45, 7) is 0. The summed E-state index contributed by atoms with van der Waals surface area (Å²) in [5, 5.41) is 13.0. The van der Waals surface area contributed by atoms with Gasteiger partial charge in [0.25, 0.3) is 0 Å². The smallest absolute Gasteiger partial charge is 0.151 e. The van der Waals surface area contributed by atoms with E-state index < -0.39 is 5.54 Å². The van der Waals surface area contributed by atoms with Crippen molar-refractivity contribution in [3.63, 3.8) is 0 Å². The molecule has 1 N–H and O–H groups in total. The summed E-state index contributed by atoms with van der Waals surface area (Å²) in [5.41, 5.74) is 1.75. The zero-order valence-electron chi connectivity index (χ0n) is 11.7. The molecule has 1 atom stereocenters. The maximum Gasteiger partial charge on any atom is 0.151 e. The molecule has 0 saturated heterocycles. The third kappa shape index (κ3) is 2.31. The minimum Gasteiger partial charge on any atom is -0.497 e. The van der Waals surface area contributed by atoms with Crippen LogP contribution in [0.1, 0.15) is 17.5 Å². The average molecular weight is 282 g/mol. The van der Waals surface area contributed by atoms with Gasteiger partial charge in [-0.05, 0) is 48.2 Å². The number of aryl methyl sites for hydroxylation is 1. The normalized spacial score (nSPS) is 19.7. The monoisotopic (exact) mass is 282 g/mol. The minimum atomic E-state index is -0.810. The molecule has 1 aliphatic carbocycles. The van der Waals surface area contributed by atoms with Crippen LogP contribution >= 0.6 is 0 Å². The number of nitriles is 1. The van der Waals surface area contributed by atoms with Crippen LogP contribution in [0.5, 0.6) is 5.75 Å². The molecule has 0 radical (unpaired) electrons. The summed E-state index contributed by atoms with van der Waals surface area (Å²) in [5.74, 6) is 0.467. The van der Waals surface area contributed by atoms with E-state index in [1.165, 1.54) is 12.1 Å². The third-order valence-corrected chi connectivity index (χ3v) is 3.91. The van der Waals surface area contributed by atoms with Crippen molar-refractivity contribution in [2.75, 3.05) is 12.4 Å². The predicted octanol–water partition coefficient (Wildman–Crippen LogP) is 3.61. The number of nitrogens with zero attached hydrogens (tertiary/aromatic N) is 1. The fraction of sp³-hybridized carbons (Fsp3) is 0.235. The molecule has 21 heavy (non-hydrogen) atoms. The van der Waals surface area contributed by atoms with Gasteiger partial charge in [0.15, 0.2) is 5.54 Å². The van der Waals surface area contributed by atoms with Gasteiger partial charge in [-0.2, -0.15) is 5.26 Å². The molecule has 0 bridgehead atoms. The van der Waals surface area contributed by atoms with E-state index in [9.17, 15) is 9.65 Å². The van der Waals surface area contributed by atoms with E-state index in [4.69, 9.17) is 4.74 Å². The van der Waals surface area contributed by atoms with Crippen molar-refractivity contribution in [1.82, 2.24) is 0 Å². The lowest BCUT2D eigenvalue weighted by atomic mass is 9.93. The molecule has 1 aliphatic rings. The molecule has 2 aromatic rings. The number of rotatable bonds is 3. The maximum atomic E-state index is 13.3. The molecule has 0 aromatic heterocycles. The van der Waals surface area contributed by atoms with Crippen molar-refractivity contribution in [2.24, 2.45) is 0 Å². The van der Waals surface area contributed by atoms with Crippen LogP contribution in [0.4, 0.5) is 10.1 Å². The molecular formula is C17H15FN2O. The Morgan fingerprint density at radius 1 is 1.29 bits per heavy atom. The lowest BCUT2D eigenvalue weighted by Gasteiger charge is -2.25. The van der Waals surface area contributed by atoms with Crippen LogP contribution in [0, 0.1) is 17.1 Å². The number of anilines is 1. The van der Waals surface area contributed by atoms with Gasteiger partial charge < -0.3 is 10.1 Å². The van der Waals surface area contributed by atoms with E-state index in [2.05, 4.69) is 11.4 Å². The van der Waals surface area contributed by atoms with E-state index in [0.29, 0.717) is 12.8 Å². The highest BCUT2D eigenvalue weighted by molar-refractivity contribution is 5.57. The second-order valence-corrected chi connectivity index (χ2v) is 5.18. The van der Waals surface area contributed by atoms with Crippen molar-refractivity contribution in [1.29, 1.82) is 5.26 Å². The van der Waals surface area contributed by atoms with Crippen LogP contribution in [-0.4, -0.2) is 7.11 Å². The molecule has 0 aliphatic heterocycles. The van der Waals surface area contributed by atoms with E-state index in [1.54, 1.807) is 13.2 Å². The molecule has 4 heteroatoms. The van der Waals surface area contributed by atoms with Gasteiger partial charge in [-0.25, -0.2) is 4.39 Å². The molecule has 0 saturated carbocycles. The van der Waals surface area contributed by atoms with Crippen LogP contribution in [0.15, 0.2) is 42.5 Å². The SMILES string of the molecule is COc1cccc(NC2(C#N)CCc3cc(F)ccc32)c1. The topological polar surface area (TPSA) is 45.0 Å². The zero-order valence-corrected chi connectivity index (χ0v) is 11.7. The molecule has 2 aromatic carbocycles. The van der Waals surface area contributed by atoms with Crippen molar-refractivity contribution in [2.45, 2.75) is 18.4 Å². The van der Waals surface area contributed by atoms with Gasteiger partial charge in [-0.15, -0.1) is 0 Å². The Morgan fingerprint density at radius 2 is 2.14 bits per heavy atom. The van der Waals surface area contributed by atoms with Gasteiger partial charge in [-0.3, -0.25) is 0 Å². The summed E-state index contributed by atoms with van der Waals surface area (Å²) < 4.78 is 18.5. The number of ether oxygens (including phenoxy) is 1. The Hall–Kier alpha value is -2.54. The largest absolute Gasteiger partial charge is 0.497 e. The summed E-state index contributed by atoms with van der Waals surface area (Å²) >= 11 is 0. The maximum absolute atomic E-state index is 13.3. The van der Waals surface area contributed by atoms with Gasteiger partial charge in [0.2, 0.25) is 0 Å². The van der Waals surface area contributed by atoms with Gasteiger partial charge in [0.05, 0.1) is 13.2 Å². The van der Waals surface area contributed by atoms with Crippen LogP contribution in [0.2, 0.25) is 0 Å². The van der Waals surface area contributed by atoms with E-state index >= 15 is 0 Å². The van der Waals surface area contributed by atoms with Crippen LogP contribution < -0.4 is 10.1 Å². The quantitative estimate of drug-likeness (QED) is 0.935. The fourth-order valence-electron chi connectivity index (χ4n) is 2.86. The molecule has 0 heterocycles. The summed E-state index contributed by atoms with van der Waals surface area (Å²) in [6.07, 6.45) is 1.32. The lowest BCUT2D eigenvalue weighted by Crippen LogP contribution is -2.31. The van der Waals surface area contributed by atoms with E-state index in [1.807, 2.05) is 24.3 Å². The first-order chi connectivity index (χ1) is 10.2. The second kappa shape index (κ2) is 5.10. The highest BCUT2D eigenvalue weighted by atomic mass is 19.1. The van der Waals surface area contributed by atoms with Gasteiger partial charge in [-0.1, -0.05) is 12.1 Å². The fourth-order valence-corrected chi connectivity index (χ4v) is 2.86. The average Bonchev–Trinajstić information content (AvgIpc) is 2.86. The number of methoxy groups -OCH3 is 1. The Balaban J connectivity index is 1.98. The standard InChI is InChI=1S/C17H15FN2O/c1-21-15-4-2-3-14(10-15)20-17(11-19)8-7-12-9-13(18)5-6-16(12)17/h2-6,9-10,20H,7-8H2,1H3. The van der Waals surface area contributed by atoms with E-state index in [-0.39, 0.29) is 5.82 Å². The minimum absolute atomic E-state index is 0.260. The predicted molar refractivity (Wildman–Crippen MR) is 78.6 cm³/mol. The number of nitrogens with one attached hydrogen (secondary N) is 1. The Labute approximate surface area is 123 Å². The first-order valence-electron chi connectivity index (χ1n) is 6.79. The lowest BCUT2D eigenvalue weighted by molar-refractivity contribution is 0.415. The third-order valence-electron chi connectivity index (χ3n) is 3.91. The Morgan fingerprint density at radius 3 is 2.90 bits per heavy atom. The highest BCUT2D eigenvalue weighted by Crippen LogP contribution is 2.39. The van der Waals surface area contributed by atoms with Gasteiger partial charge in [0, 0.05) is 11.8 Å². The Kier molecular flexibility index (Phi) is 3.26. The number of hydrogen-bond donors (Lipinski definition) is 1. The zero-order chi connectivity index (χ0) is 14.9. The summed E-state index contributed by atoms with van der Waals surface area (Å²) in [4.78, 5) is 0. The van der Waals surface area contributed by atoms with Gasteiger partial charge in [0.1, 0.15) is 11.6 Å². The van der Waals surface area contributed by atoms with Crippen molar-refractivity contribution in [3.8, 4) is 11.8 Å². The summed E-state index contributed by atoms with van der Waals surface area (Å²) in [7, 11) is 1.60. The van der Waals surface area contributed by atoms with Crippen molar-refractivity contribution >= 4 is 5.69 Å². The van der Waals surface area contributed by atoms with Gasteiger partial charge >= 0.3 is 0 Å². The molecule has 3 nitrogen and oxygen atoms in total. The second-order valence-electron chi connectivity index (χ2n) is 5.18. The van der Waals surface area contributed by atoms with E-state index in [0.717, 1.165) is 22.6 Å². The molecule has 1 unspecified atom stereocenters. The molecule has 0 amide bonds.